The van der Waals surface area contributed by atoms with E-state index in [4.69, 9.17) is 0 Å². The number of benzene rings is 2. The number of rotatable bonds is 3. The Kier molecular flexibility index (Phi) is 3.41. The molecule has 1 aromatic heterocycles. The van der Waals surface area contributed by atoms with Crippen LogP contribution in [0.15, 0.2) is 47.6 Å². The van der Waals surface area contributed by atoms with Gasteiger partial charge in [0, 0.05) is 12.7 Å². The molecule has 0 fully saturated rings. The molecule has 0 saturated heterocycles. The molecule has 5 nitrogen and oxygen atoms in total. The average Bonchev–Trinajstić information content (AvgIpc) is 2.78. The minimum absolute atomic E-state index is 0.206. The van der Waals surface area contributed by atoms with Crippen molar-refractivity contribution in [2.24, 2.45) is 7.05 Å². The quantitative estimate of drug-likeness (QED) is 0.808. The molecule has 1 N–H and O–H groups in total. The van der Waals surface area contributed by atoms with Crippen molar-refractivity contribution in [3.05, 3.63) is 53.9 Å². The molecule has 0 unspecified atom stereocenters. The van der Waals surface area contributed by atoms with Crippen molar-refractivity contribution in [2.45, 2.75) is 18.7 Å². The molecule has 1 heterocycles. The summed E-state index contributed by atoms with van der Waals surface area (Å²) < 4.78 is 29.5. The standard InChI is InChI=1S/C16H17N3O2S/c1-11-6-12(2)8-13(7-11)18-22(20,21)14-4-5-16-15(9-14)17-10-19(16)3/h4-10,18H,1-3H3. The monoisotopic (exact) mass is 315 g/mol. The lowest BCUT2D eigenvalue weighted by atomic mass is 10.1. The number of aromatic nitrogens is 2. The first kappa shape index (κ1) is 14.6. The molecule has 0 spiro atoms. The summed E-state index contributed by atoms with van der Waals surface area (Å²) in [6, 6.07) is 10.6. The Labute approximate surface area is 129 Å². The van der Waals surface area contributed by atoms with Gasteiger partial charge in [-0.3, -0.25) is 4.72 Å². The van der Waals surface area contributed by atoms with E-state index >= 15 is 0 Å². The van der Waals surface area contributed by atoms with Crippen molar-refractivity contribution in [1.82, 2.24) is 9.55 Å². The first-order chi connectivity index (χ1) is 10.3. The summed E-state index contributed by atoms with van der Waals surface area (Å²) in [5.41, 5.74) is 4.14. The van der Waals surface area contributed by atoms with Crippen LogP contribution in [-0.4, -0.2) is 18.0 Å². The third-order valence-electron chi connectivity index (χ3n) is 3.48. The highest BCUT2D eigenvalue weighted by atomic mass is 32.2. The largest absolute Gasteiger partial charge is 0.334 e. The number of imidazole rings is 1. The van der Waals surface area contributed by atoms with Gasteiger partial charge in [-0.05, 0) is 55.3 Å². The highest BCUT2D eigenvalue weighted by Crippen LogP contribution is 2.21. The number of nitrogens with one attached hydrogen (secondary N) is 1. The van der Waals surface area contributed by atoms with Crippen LogP contribution in [-0.2, 0) is 17.1 Å². The number of aryl methyl sites for hydroxylation is 3. The van der Waals surface area contributed by atoms with Crippen LogP contribution in [0, 0.1) is 13.8 Å². The van der Waals surface area contributed by atoms with E-state index in [2.05, 4.69) is 9.71 Å². The molecule has 0 atom stereocenters. The van der Waals surface area contributed by atoms with Gasteiger partial charge in [0.25, 0.3) is 10.0 Å². The third kappa shape index (κ3) is 2.69. The van der Waals surface area contributed by atoms with Gasteiger partial charge >= 0.3 is 0 Å². The minimum Gasteiger partial charge on any atom is -0.334 e. The normalized spacial score (nSPS) is 11.8. The molecule has 0 saturated carbocycles. The van der Waals surface area contributed by atoms with E-state index in [0.29, 0.717) is 11.2 Å². The molecule has 3 rings (SSSR count). The van der Waals surface area contributed by atoms with Crippen molar-refractivity contribution >= 4 is 26.7 Å². The summed E-state index contributed by atoms with van der Waals surface area (Å²) >= 11 is 0. The lowest BCUT2D eigenvalue weighted by Gasteiger charge is -2.10. The van der Waals surface area contributed by atoms with Gasteiger partial charge in [0.15, 0.2) is 0 Å². The van der Waals surface area contributed by atoms with Gasteiger partial charge in [-0.15, -0.1) is 0 Å². The predicted octanol–water partition coefficient (Wildman–Crippen LogP) is 2.99. The van der Waals surface area contributed by atoms with Crippen LogP contribution in [0.1, 0.15) is 11.1 Å². The first-order valence-corrected chi connectivity index (χ1v) is 8.36. The van der Waals surface area contributed by atoms with Crippen molar-refractivity contribution in [3.8, 4) is 0 Å². The smallest absolute Gasteiger partial charge is 0.261 e. The Balaban J connectivity index is 2.00. The molecule has 0 radical (unpaired) electrons. The van der Waals surface area contributed by atoms with Crippen LogP contribution in [0.3, 0.4) is 0 Å². The van der Waals surface area contributed by atoms with E-state index in [1.54, 1.807) is 24.5 Å². The fourth-order valence-electron chi connectivity index (χ4n) is 2.53. The van der Waals surface area contributed by atoms with E-state index in [0.717, 1.165) is 16.6 Å². The van der Waals surface area contributed by atoms with Gasteiger partial charge < -0.3 is 4.57 Å². The number of anilines is 1. The summed E-state index contributed by atoms with van der Waals surface area (Å²) in [6.45, 7) is 3.87. The fourth-order valence-corrected chi connectivity index (χ4v) is 3.59. The third-order valence-corrected chi connectivity index (χ3v) is 4.86. The molecular formula is C16H17N3O2S. The summed E-state index contributed by atoms with van der Waals surface area (Å²) in [5.74, 6) is 0. The SMILES string of the molecule is Cc1cc(C)cc(NS(=O)(=O)c2ccc3c(c2)ncn3C)c1. The Morgan fingerprint density at radius 1 is 1.05 bits per heavy atom. The van der Waals surface area contributed by atoms with Gasteiger partial charge in [-0.1, -0.05) is 6.07 Å². The lowest BCUT2D eigenvalue weighted by Crippen LogP contribution is -2.13. The highest BCUT2D eigenvalue weighted by molar-refractivity contribution is 7.92. The summed E-state index contributed by atoms with van der Waals surface area (Å²) in [5, 5.41) is 0. The Hall–Kier alpha value is -2.34. The summed E-state index contributed by atoms with van der Waals surface area (Å²) in [7, 11) is -1.76. The lowest BCUT2D eigenvalue weighted by molar-refractivity contribution is 0.601. The molecule has 0 bridgehead atoms. The maximum Gasteiger partial charge on any atom is 0.261 e. The molecule has 0 aliphatic rings. The predicted molar refractivity (Wildman–Crippen MR) is 87.4 cm³/mol. The molecule has 6 heteroatoms. The maximum atomic E-state index is 12.5. The number of sulfonamides is 1. The maximum absolute atomic E-state index is 12.5. The van der Waals surface area contributed by atoms with Crippen LogP contribution in [0.5, 0.6) is 0 Å². The first-order valence-electron chi connectivity index (χ1n) is 6.87. The van der Waals surface area contributed by atoms with Gasteiger partial charge in [0.05, 0.1) is 22.3 Å². The van der Waals surface area contributed by atoms with Gasteiger partial charge in [0.2, 0.25) is 0 Å². The zero-order chi connectivity index (χ0) is 15.9. The zero-order valence-electron chi connectivity index (χ0n) is 12.7. The molecule has 114 valence electrons. The molecule has 0 amide bonds. The second kappa shape index (κ2) is 5.14. The molecule has 0 aliphatic heterocycles. The van der Waals surface area contributed by atoms with Gasteiger partial charge in [-0.2, -0.15) is 0 Å². The van der Waals surface area contributed by atoms with Crippen LogP contribution in [0.2, 0.25) is 0 Å². The Bertz CT molecular complexity index is 938. The van der Waals surface area contributed by atoms with Gasteiger partial charge in [-0.25, -0.2) is 13.4 Å². The van der Waals surface area contributed by atoms with E-state index in [9.17, 15) is 8.42 Å². The molecule has 22 heavy (non-hydrogen) atoms. The Morgan fingerprint density at radius 2 is 1.73 bits per heavy atom. The summed E-state index contributed by atoms with van der Waals surface area (Å²) in [6.07, 6.45) is 1.67. The minimum atomic E-state index is -3.63. The van der Waals surface area contributed by atoms with E-state index in [1.807, 2.05) is 43.7 Å². The van der Waals surface area contributed by atoms with Crippen molar-refractivity contribution < 1.29 is 8.42 Å². The van der Waals surface area contributed by atoms with Crippen LogP contribution in [0.25, 0.3) is 11.0 Å². The number of hydrogen-bond acceptors (Lipinski definition) is 3. The second-order valence-electron chi connectivity index (χ2n) is 5.49. The number of hydrogen-bond donors (Lipinski definition) is 1. The molecule has 3 aromatic rings. The summed E-state index contributed by atoms with van der Waals surface area (Å²) in [4.78, 5) is 4.40. The van der Waals surface area contributed by atoms with Crippen molar-refractivity contribution in [2.75, 3.05) is 4.72 Å². The highest BCUT2D eigenvalue weighted by Gasteiger charge is 2.16. The van der Waals surface area contributed by atoms with E-state index < -0.39 is 10.0 Å². The van der Waals surface area contributed by atoms with Crippen LogP contribution < -0.4 is 4.72 Å². The van der Waals surface area contributed by atoms with E-state index in [1.165, 1.54) is 0 Å². The molecule has 0 aliphatic carbocycles. The second-order valence-corrected chi connectivity index (χ2v) is 7.17. The fraction of sp³-hybridized carbons (Fsp3) is 0.188. The van der Waals surface area contributed by atoms with E-state index in [-0.39, 0.29) is 4.90 Å². The Morgan fingerprint density at radius 3 is 2.41 bits per heavy atom. The molecular weight excluding hydrogens is 298 g/mol. The topological polar surface area (TPSA) is 64.0 Å². The average molecular weight is 315 g/mol. The van der Waals surface area contributed by atoms with Crippen molar-refractivity contribution in [3.63, 3.8) is 0 Å². The van der Waals surface area contributed by atoms with Gasteiger partial charge in [0.1, 0.15) is 0 Å². The number of nitrogens with zero attached hydrogens (tertiary/aromatic N) is 2. The zero-order valence-corrected chi connectivity index (χ0v) is 13.5. The van der Waals surface area contributed by atoms with Crippen LogP contribution in [0.4, 0.5) is 5.69 Å². The number of fused-ring (bicyclic) bond motifs is 1. The van der Waals surface area contributed by atoms with Crippen LogP contribution >= 0.6 is 0 Å². The molecule has 2 aromatic carbocycles. The van der Waals surface area contributed by atoms with Crippen molar-refractivity contribution in [1.29, 1.82) is 0 Å².